The molecule has 1 rings (SSSR count). The van der Waals surface area contributed by atoms with Gasteiger partial charge in [0.25, 0.3) is 0 Å². The maximum absolute atomic E-state index is 12.3. The maximum Gasteiger partial charge on any atom is 0.311 e. The Bertz CT molecular complexity index is 483. The number of hydrogen-bond acceptors (Lipinski definition) is 5. The van der Waals surface area contributed by atoms with Crippen molar-refractivity contribution in [3.8, 4) is 0 Å². The molecule has 2 unspecified atom stereocenters. The predicted molar refractivity (Wildman–Crippen MR) is 67.4 cm³/mol. The highest BCUT2D eigenvalue weighted by Gasteiger charge is 2.46. The quantitative estimate of drug-likeness (QED) is 0.740. The van der Waals surface area contributed by atoms with E-state index in [1.165, 1.54) is 25.8 Å². The van der Waals surface area contributed by atoms with Crippen molar-refractivity contribution in [2.75, 3.05) is 26.5 Å². The van der Waals surface area contributed by atoms with E-state index in [0.717, 1.165) is 6.26 Å². The van der Waals surface area contributed by atoms with Crippen LogP contribution >= 0.6 is 0 Å². The Morgan fingerprint density at radius 2 is 1.84 bits per heavy atom. The molecule has 0 bridgehead atoms. The second-order valence-electron chi connectivity index (χ2n) is 5.25. The summed E-state index contributed by atoms with van der Waals surface area (Å²) in [6.45, 7) is 2.75. The summed E-state index contributed by atoms with van der Waals surface area (Å²) in [6.07, 6.45) is 0.985. The highest BCUT2D eigenvalue weighted by Crippen LogP contribution is 2.24. The Kier molecular flexibility index (Phi) is 4.26. The van der Waals surface area contributed by atoms with E-state index in [4.69, 9.17) is 9.84 Å². The largest absolute Gasteiger partial charge is 0.481 e. The Labute approximate surface area is 112 Å². The first-order valence-electron chi connectivity index (χ1n) is 5.77. The first kappa shape index (κ1) is 15.9. The van der Waals surface area contributed by atoms with Gasteiger partial charge in [-0.1, -0.05) is 0 Å². The molecule has 1 N–H and O–H groups in total. The summed E-state index contributed by atoms with van der Waals surface area (Å²) >= 11 is 0. The van der Waals surface area contributed by atoms with E-state index in [-0.39, 0.29) is 13.2 Å². The fourth-order valence-electron chi connectivity index (χ4n) is 1.89. The molecule has 0 aromatic carbocycles. The minimum absolute atomic E-state index is 0.0247. The molecule has 1 aliphatic rings. The molecule has 1 amide bonds. The molecule has 1 fully saturated rings. The average Bonchev–Trinajstić information content (AvgIpc) is 2.74. The first-order chi connectivity index (χ1) is 8.50. The van der Waals surface area contributed by atoms with Gasteiger partial charge in [0.15, 0.2) is 9.84 Å². The molecule has 1 aliphatic heterocycles. The van der Waals surface area contributed by atoms with Gasteiger partial charge < -0.3 is 14.7 Å². The van der Waals surface area contributed by atoms with Crippen molar-refractivity contribution in [3.05, 3.63) is 0 Å². The van der Waals surface area contributed by atoms with Crippen molar-refractivity contribution < 1.29 is 27.9 Å². The molecular formula is C11H19NO6S. The van der Waals surface area contributed by atoms with Crippen LogP contribution in [0.3, 0.4) is 0 Å². The minimum atomic E-state index is -3.59. The summed E-state index contributed by atoms with van der Waals surface area (Å²) in [4.78, 5) is 24.5. The molecule has 8 heteroatoms. The summed E-state index contributed by atoms with van der Waals surface area (Å²) in [6, 6.07) is -0.647. The number of carboxylic acid groups (broad SMARTS) is 1. The summed E-state index contributed by atoms with van der Waals surface area (Å²) in [5, 5.41) is 9.04. The lowest BCUT2D eigenvalue weighted by molar-refractivity contribution is -0.144. The normalized spacial score (nSPS) is 24.2. The van der Waals surface area contributed by atoms with Gasteiger partial charge in [-0.3, -0.25) is 9.59 Å². The molecule has 0 aromatic rings. The Morgan fingerprint density at radius 3 is 2.26 bits per heavy atom. The van der Waals surface area contributed by atoms with Crippen molar-refractivity contribution in [1.29, 1.82) is 0 Å². The zero-order chi connectivity index (χ0) is 15.0. The third-order valence-corrected chi connectivity index (χ3v) is 5.66. The van der Waals surface area contributed by atoms with E-state index in [2.05, 4.69) is 0 Å². The van der Waals surface area contributed by atoms with Crippen LogP contribution < -0.4 is 0 Å². The molecule has 19 heavy (non-hydrogen) atoms. The van der Waals surface area contributed by atoms with E-state index in [9.17, 15) is 18.0 Å². The predicted octanol–water partition coefficient (Wildman–Crippen LogP) is -0.632. The Balaban J connectivity index is 2.98. The van der Waals surface area contributed by atoms with Crippen LogP contribution in [0.1, 0.15) is 13.8 Å². The van der Waals surface area contributed by atoms with Gasteiger partial charge in [-0.15, -0.1) is 0 Å². The van der Waals surface area contributed by atoms with E-state index < -0.39 is 38.4 Å². The molecule has 110 valence electrons. The fraction of sp³-hybridized carbons (Fsp3) is 0.818. The highest BCUT2D eigenvalue weighted by molar-refractivity contribution is 7.92. The van der Waals surface area contributed by atoms with Crippen molar-refractivity contribution >= 4 is 21.7 Å². The number of amides is 1. The summed E-state index contributed by atoms with van der Waals surface area (Å²) in [7, 11) is -2.19. The molecule has 0 aromatic heterocycles. The van der Waals surface area contributed by atoms with Crippen LogP contribution in [0.5, 0.6) is 0 Å². The van der Waals surface area contributed by atoms with Crippen LogP contribution in [0.15, 0.2) is 0 Å². The van der Waals surface area contributed by atoms with Gasteiger partial charge in [0.05, 0.1) is 19.3 Å². The lowest BCUT2D eigenvalue weighted by Gasteiger charge is -2.32. The van der Waals surface area contributed by atoms with Crippen LogP contribution in [0.25, 0.3) is 0 Å². The number of likely N-dealkylation sites (N-methyl/N-ethyl adjacent to an activating group) is 1. The van der Waals surface area contributed by atoms with Crippen LogP contribution in [0, 0.1) is 5.92 Å². The number of ether oxygens (including phenoxy) is 1. The molecule has 0 saturated carbocycles. The first-order valence-corrected chi connectivity index (χ1v) is 7.66. The third kappa shape index (κ3) is 2.89. The van der Waals surface area contributed by atoms with E-state index >= 15 is 0 Å². The van der Waals surface area contributed by atoms with Crippen molar-refractivity contribution in [1.82, 2.24) is 4.90 Å². The molecule has 0 radical (unpaired) electrons. The third-order valence-electron chi connectivity index (χ3n) is 3.63. The molecule has 2 atom stereocenters. The van der Waals surface area contributed by atoms with Gasteiger partial charge in [-0.2, -0.15) is 0 Å². The zero-order valence-corrected chi connectivity index (χ0v) is 12.2. The standard InChI is InChI=1S/C11H19NO6S/c1-11(2,19(4,16)17)10(15)12(3)8-6-18-5-7(8)9(13)14/h7-8H,5-6H2,1-4H3,(H,13,14). The Hall–Kier alpha value is -1.15. The van der Waals surface area contributed by atoms with E-state index in [1.807, 2.05) is 0 Å². The summed E-state index contributed by atoms with van der Waals surface area (Å²) < 4.78 is 26.8. The molecule has 1 saturated heterocycles. The van der Waals surface area contributed by atoms with Gasteiger partial charge >= 0.3 is 5.97 Å². The maximum atomic E-state index is 12.3. The van der Waals surface area contributed by atoms with Crippen molar-refractivity contribution in [2.24, 2.45) is 5.92 Å². The van der Waals surface area contributed by atoms with Gasteiger partial charge in [-0.05, 0) is 13.8 Å². The highest BCUT2D eigenvalue weighted by atomic mass is 32.2. The van der Waals surface area contributed by atoms with Crippen LogP contribution in [0.2, 0.25) is 0 Å². The number of nitrogens with zero attached hydrogens (tertiary/aromatic N) is 1. The number of carbonyl (C=O) groups excluding carboxylic acids is 1. The smallest absolute Gasteiger partial charge is 0.311 e. The van der Waals surface area contributed by atoms with Gasteiger partial charge in [0.2, 0.25) is 5.91 Å². The average molecular weight is 293 g/mol. The second kappa shape index (κ2) is 5.09. The summed E-state index contributed by atoms with van der Waals surface area (Å²) in [5.74, 6) is -2.51. The molecule has 0 aliphatic carbocycles. The number of aliphatic carboxylic acids is 1. The minimum Gasteiger partial charge on any atom is -0.481 e. The monoisotopic (exact) mass is 293 g/mol. The topological polar surface area (TPSA) is 101 Å². The number of sulfone groups is 1. The lowest BCUT2D eigenvalue weighted by Crippen LogP contribution is -2.54. The van der Waals surface area contributed by atoms with Gasteiger partial charge in [0.1, 0.15) is 10.7 Å². The molecule has 1 heterocycles. The SMILES string of the molecule is CN(C(=O)C(C)(C)S(C)(=O)=O)C1COCC1C(=O)O. The number of hydrogen-bond donors (Lipinski definition) is 1. The number of carboxylic acids is 1. The van der Waals surface area contributed by atoms with Gasteiger partial charge in [0, 0.05) is 13.3 Å². The molecule has 7 nitrogen and oxygen atoms in total. The van der Waals surface area contributed by atoms with Crippen molar-refractivity contribution in [2.45, 2.75) is 24.6 Å². The molecule has 0 spiro atoms. The molecular weight excluding hydrogens is 274 g/mol. The number of rotatable bonds is 4. The fourth-order valence-corrected chi connectivity index (χ4v) is 2.36. The van der Waals surface area contributed by atoms with Crippen LogP contribution in [-0.4, -0.2) is 67.6 Å². The zero-order valence-electron chi connectivity index (χ0n) is 11.4. The lowest BCUT2D eigenvalue weighted by atomic mass is 10.0. The van der Waals surface area contributed by atoms with Gasteiger partial charge in [-0.25, -0.2) is 8.42 Å². The van der Waals surface area contributed by atoms with E-state index in [1.54, 1.807) is 0 Å². The second-order valence-corrected chi connectivity index (χ2v) is 7.81. The Morgan fingerprint density at radius 1 is 1.32 bits per heavy atom. The van der Waals surface area contributed by atoms with Crippen LogP contribution in [-0.2, 0) is 24.2 Å². The summed E-state index contributed by atoms with van der Waals surface area (Å²) in [5.41, 5.74) is 0. The van der Waals surface area contributed by atoms with E-state index in [0.29, 0.717) is 0 Å². The van der Waals surface area contributed by atoms with Crippen LogP contribution in [0.4, 0.5) is 0 Å². The van der Waals surface area contributed by atoms with Crippen molar-refractivity contribution in [3.63, 3.8) is 0 Å². The number of carbonyl (C=O) groups is 2.